The van der Waals surface area contributed by atoms with Gasteiger partial charge in [0.15, 0.2) is 0 Å². The van der Waals surface area contributed by atoms with E-state index < -0.39 is 19.3 Å². The molecule has 0 saturated heterocycles. The number of carbonyl (C=O) groups is 1. The molecule has 2 aromatic rings. The molecule has 2 rings (SSSR count). The Hall–Kier alpha value is -2.97. The van der Waals surface area contributed by atoms with Crippen LogP contribution in [0.2, 0.25) is 0 Å². The summed E-state index contributed by atoms with van der Waals surface area (Å²) >= 11 is 0. The summed E-state index contributed by atoms with van der Waals surface area (Å²) in [5.41, 5.74) is 0.567. The minimum atomic E-state index is -2.97. The second kappa shape index (κ2) is 8.04. The van der Waals surface area contributed by atoms with E-state index in [1.54, 1.807) is 0 Å². The van der Waals surface area contributed by atoms with Gasteiger partial charge in [0, 0.05) is 17.4 Å². The van der Waals surface area contributed by atoms with Crippen LogP contribution >= 0.6 is 0 Å². The highest BCUT2D eigenvalue weighted by Crippen LogP contribution is 2.20. The smallest absolute Gasteiger partial charge is 0.387 e. The Morgan fingerprint density at radius 2 is 1.38 bits per heavy atom. The maximum Gasteiger partial charge on any atom is 0.387 e. The van der Waals surface area contributed by atoms with Crippen molar-refractivity contribution in [2.75, 3.05) is 10.6 Å². The third-order valence-electron chi connectivity index (χ3n) is 2.65. The van der Waals surface area contributed by atoms with Crippen LogP contribution in [0.5, 0.6) is 11.5 Å². The minimum Gasteiger partial charge on any atom is -0.435 e. The fourth-order valence-electron chi connectivity index (χ4n) is 1.76. The lowest BCUT2D eigenvalue weighted by Gasteiger charge is -2.10. The largest absolute Gasteiger partial charge is 0.435 e. The molecule has 0 fully saturated rings. The Kier molecular flexibility index (Phi) is 5.83. The number of benzene rings is 2. The van der Waals surface area contributed by atoms with E-state index >= 15 is 0 Å². The van der Waals surface area contributed by atoms with E-state index in [2.05, 4.69) is 20.1 Å². The molecule has 0 saturated carbocycles. The number of hydrogen-bond acceptors (Lipinski definition) is 3. The van der Waals surface area contributed by atoms with Crippen LogP contribution in [0, 0.1) is 0 Å². The number of nitrogens with one attached hydrogen (secondary N) is 2. The van der Waals surface area contributed by atoms with E-state index in [0.717, 1.165) is 0 Å². The number of anilines is 2. The van der Waals surface area contributed by atoms with Gasteiger partial charge >= 0.3 is 19.3 Å². The molecular weight excluding hydrogens is 332 g/mol. The average Bonchev–Trinajstić information content (AvgIpc) is 2.48. The van der Waals surface area contributed by atoms with Crippen molar-refractivity contribution in [1.29, 1.82) is 0 Å². The third kappa shape index (κ3) is 5.67. The summed E-state index contributed by atoms with van der Waals surface area (Å²) in [5, 5.41) is 4.87. The molecule has 0 atom stereocenters. The van der Waals surface area contributed by atoms with Crippen LogP contribution < -0.4 is 20.1 Å². The van der Waals surface area contributed by atoms with Crippen molar-refractivity contribution in [3.8, 4) is 11.5 Å². The van der Waals surface area contributed by atoms with E-state index in [1.165, 1.54) is 48.5 Å². The molecule has 0 radical (unpaired) electrons. The van der Waals surface area contributed by atoms with Gasteiger partial charge in [0.1, 0.15) is 11.5 Å². The third-order valence-corrected chi connectivity index (χ3v) is 2.65. The fourth-order valence-corrected chi connectivity index (χ4v) is 1.76. The lowest BCUT2D eigenvalue weighted by atomic mass is 10.3. The first-order valence-corrected chi connectivity index (χ1v) is 6.60. The summed E-state index contributed by atoms with van der Waals surface area (Å²) in [4.78, 5) is 11.8. The molecule has 0 spiro atoms. The molecule has 9 heteroatoms. The Labute approximate surface area is 134 Å². The summed E-state index contributed by atoms with van der Waals surface area (Å²) in [5.74, 6) is -0.149. The Morgan fingerprint density at radius 3 is 2.00 bits per heavy atom. The van der Waals surface area contributed by atoms with Crippen molar-refractivity contribution in [1.82, 2.24) is 0 Å². The molecule has 0 unspecified atom stereocenters. The van der Waals surface area contributed by atoms with Gasteiger partial charge in [-0.2, -0.15) is 17.6 Å². The Morgan fingerprint density at radius 1 is 0.792 bits per heavy atom. The SMILES string of the molecule is O=C(Nc1ccc(OC(F)F)cc1)Nc1cccc(OC(F)F)c1. The fraction of sp³-hybridized carbons (Fsp3) is 0.133. The van der Waals surface area contributed by atoms with Crippen LogP contribution in [0.4, 0.5) is 33.7 Å². The molecule has 2 N–H and O–H groups in total. The maximum absolute atomic E-state index is 12.1. The van der Waals surface area contributed by atoms with Gasteiger partial charge in [-0.25, -0.2) is 4.79 Å². The van der Waals surface area contributed by atoms with E-state index in [9.17, 15) is 22.4 Å². The Bertz CT molecular complexity index is 681. The van der Waals surface area contributed by atoms with Gasteiger partial charge in [-0.1, -0.05) is 6.07 Å². The molecule has 0 aliphatic carbocycles. The number of amides is 2. The Balaban J connectivity index is 1.93. The number of carbonyl (C=O) groups excluding carboxylic acids is 1. The van der Waals surface area contributed by atoms with Crippen molar-refractivity contribution in [3.05, 3.63) is 48.5 Å². The zero-order chi connectivity index (χ0) is 17.5. The molecule has 0 aliphatic rings. The standard InChI is InChI=1S/C15H12F4N2O3/c16-13(17)23-11-6-4-9(5-7-11)20-15(22)21-10-2-1-3-12(8-10)24-14(18)19/h1-8,13-14H,(H2,20,21,22). The van der Waals surface area contributed by atoms with Crippen molar-refractivity contribution in [2.24, 2.45) is 0 Å². The lowest BCUT2D eigenvalue weighted by molar-refractivity contribution is -0.0505. The van der Waals surface area contributed by atoms with E-state index in [-0.39, 0.29) is 17.2 Å². The van der Waals surface area contributed by atoms with Gasteiger partial charge in [0.05, 0.1) is 0 Å². The highest BCUT2D eigenvalue weighted by atomic mass is 19.3. The van der Waals surface area contributed by atoms with E-state index in [0.29, 0.717) is 5.69 Å². The molecular formula is C15H12F4N2O3. The van der Waals surface area contributed by atoms with Crippen molar-refractivity contribution < 1.29 is 31.8 Å². The van der Waals surface area contributed by atoms with Gasteiger partial charge < -0.3 is 20.1 Å². The summed E-state index contributed by atoms with van der Waals surface area (Å²) in [6.45, 7) is -5.90. The molecule has 5 nitrogen and oxygen atoms in total. The molecule has 0 aliphatic heterocycles. The average molecular weight is 344 g/mol. The van der Waals surface area contributed by atoms with Crippen LogP contribution in [-0.2, 0) is 0 Å². The topological polar surface area (TPSA) is 59.6 Å². The number of ether oxygens (including phenoxy) is 2. The monoisotopic (exact) mass is 344 g/mol. The van der Waals surface area contributed by atoms with Crippen LogP contribution in [0.15, 0.2) is 48.5 Å². The summed E-state index contributed by atoms with van der Waals surface area (Å²) in [6, 6.07) is 10.1. The quantitative estimate of drug-likeness (QED) is 0.757. The predicted octanol–water partition coefficient (Wildman–Crippen LogP) is 4.53. The first-order valence-electron chi connectivity index (χ1n) is 6.60. The van der Waals surface area contributed by atoms with Gasteiger partial charge in [0.25, 0.3) is 0 Å². The van der Waals surface area contributed by atoms with Crippen LogP contribution in [-0.4, -0.2) is 19.3 Å². The highest BCUT2D eigenvalue weighted by Gasteiger charge is 2.08. The molecule has 0 bridgehead atoms. The molecule has 24 heavy (non-hydrogen) atoms. The van der Waals surface area contributed by atoms with Crippen molar-refractivity contribution in [3.63, 3.8) is 0 Å². The second-order valence-corrected chi connectivity index (χ2v) is 4.39. The van der Waals surface area contributed by atoms with Crippen molar-refractivity contribution >= 4 is 17.4 Å². The van der Waals surface area contributed by atoms with Crippen LogP contribution in [0.25, 0.3) is 0 Å². The van der Waals surface area contributed by atoms with Gasteiger partial charge in [-0.05, 0) is 36.4 Å². The molecule has 2 amide bonds. The first-order chi connectivity index (χ1) is 11.4. The normalized spacial score (nSPS) is 10.6. The molecule has 0 heterocycles. The zero-order valence-electron chi connectivity index (χ0n) is 12.0. The van der Waals surface area contributed by atoms with Gasteiger partial charge in [0.2, 0.25) is 0 Å². The summed E-state index contributed by atoms with van der Waals surface area (Å²) < 4.78 is 56.7. The molecule has 128 valence electrons. The van der Waals surface area contributed by atoms with Crippen LogP contribution in [0.1, 0.15) is 0 Å². The number of alkyl halides is 4. The molecule has 2 aromatic carbocycles. The highest BCUT2D eigenvalue weighted by molar-refractivity contribution is 5.99. The minimum absolute atomic E-state index is 0.0483. The van der Waals surface area contributed by atoms with E-state index in [4.69, 9.17) is 0 Å². The number of hydrogen-bond donors (Lipinski definition) is 2. The first kappa shape index (κ1) is 17.4. The van der Waals surface area contributed by atoms with Crippen molar-refractivity contribution in [2.45, 2.75) is 13.2 Å². The number of rotatable bonds is 6. The zero-order valence-corrected chi connectivity index (χ0v) is 12.0. The molecule has 0 aromatic heterocycles. The van der Waals surface area contributed by atoms with E-state index in [1.807, 2.05) is 0 Å². The second-order valence-electron chi connectivity index (χ2n) is 4.39. The van der Waals surface area contributed by atoms with Crippen LogP contribution in [0.3, 0.4) is 0 Å². The number of halogens is 4. The summed E-state index contributed by atoms with van der Waals surface area (Å²) in [7, 11) is 0. The van der Waals surface area contributed by atoms with Gasteiger partial charge in [-0.15, -0.1) is 0 Å². The lowest BCUT2D eigenvalue weighted by Crippen LogP contribution is -2.19. The predicted molar refractivity (Wildman–Crippen MR) is 78.8 cm³/mol. The maximum atomic E-state index is 12.1. The van der Waals surface area contributed by atoms with Gasteiger partial charge in [-0.3, -0.25) is 0 Å². The number of urea groups is 1. The summed E-state index contributed by atoms with van der Waals surface area (Å²) in [6.07, 6.45) is 0.